The normalized spacial score (nSPS) is 15.9. The summed E-state index contributed by atoms with van der Waals surface area (Å²) >= 11 is 12.3. The Balaban J connectivity index is 1.82. The van der Waals surface area contributed by atoms with Crippen LogP contribution in [0.15, 0.2) is 48.5 Å². The average Bonchev–Trinajstić information content (AvgIpc) is 3.14. The van der Waals surface area contributed by atoms with Gasteiger partial charge in [0, 0.05) is 23.7 Å². The minimum atomic E-state index is -3.25. The van der Waals surface area contributed by atoms with Crippen molar-refractivity contribution in [2.24, 2.45) is 0 Å². The highest BCUT2D eigenvalue weighted by atomic mass is 35.5. The number of carbonyl (C=O) groups is 1. The number of nitrogens with zero attached hydrogens (tertiary/aromatic N) is 3. The van der Waals surface area contributed by atoms with E-state index in [-0.39, 0.29) is 35.3 Å². The number of rotatable bonds is 6. The molecule has 1 saturated heterocycles. The van der Waals surface area contributed by atoms with Crippen LogP contribution in [0.4, 0.5) is 8.78 Å². The van der Waals surface area contributed by atoms with Crippen molar-refractivity contribution >= 4 is 38.9 Å². The lowest BCUT2D eigenvalue weighted by Crippen LogP contribution is -2.50. The summed E-state index contributed by atoms with van der Waals surface area (Å²) in [6, 6.07) is 12.8. The fourth-order valence-corrected chi connectivity index (χ4v) is 4.98. The van der Waals surface area contributed by atoms with Crippen LogP contribution in [0.5, 0.6) is 5.75 Å². The second kappa shape index (κ2) is 9.87. The summed E-state index contributed by atoms with van der Waals surface area (Å²) < 4.78 is 56.2. The number of hydrogen-bond donors (Lipinski definition) is 1. The first kappa shape index (κ1) is 24.4. The summed E-state index contributed by atoms with van der Waals surface area (Å²) in [6.45, 7) is -3.15. The van der Waals surface area contributed by atoms with E-state index in [1.165, 1.54) is 9.69 Å². The molecule has 3 aromatic rings. The molecule has 2 heterocycles. The highest BCUT2D eigenvalue weighted by Crippen LogP contribution is 2.38. The highest BCUT2D eigenvalue weighted by molar-refractivity contribution is 7.91. The van der Waals surface area contributed by atoms with Gasteiger partial charge in [-0.3, -0.25) is 10.2 Å². The van der Waals surface area contributed by atoms with Crippen LogP contribution in [0.2, 0.25) is 10.0 Å². The van der Waals surface area contributed by atoms with E-state index < -0.39 is 33.8 Å². The molecule has 0 aliphatic carbocycles. The molecule has 1 aliphatic rings. The van der Waals surface area contributed by atoms with Crippen molar-refractivity contribution in [2.45, 2.75) is 6.61 Å². The third kappa shape index (κ3) is 5.33. The summed E-state index contributed by atoms with van der Waals surface area (Å²) in [7, 11) is -3.19. The van der Waals surface area contributed by atoms with Crippen LogP contribution in [0.25, 0.3) is 16.9 Å². The van der Waals surface area contributed by atoms with E-state index in [1.54, 1.807) is 48.5 Å². The third-order valence-electron chi connectivity index (χ3n) is 5.07. The Morgan fingerprint density at radius 3 is 2.32 bits per heavy atom. The van der Waals surface area contributed by atoms with Gasteiger partial charge in [-0.15, -0.1) is 0 Å². The second-order valence-corrected chi connectivity index (χ2v) is 10.5. The van der Waals surface area contributed by atoms with Crippen molar-refractivity contribution < 1.29 is 26.7 Å². The first-order valence-corrected chi connectivity index (χ1v) is 12.6. The summed E-state index contributed by atoms with van der Waals surface area (Å²) in [4.78, 5) is 13.1. The standard InChI is InChI=1S/C21H18Cl2F2N4O4S/c22-14-7-5-13(6-8-14)18-19(33-21(24)25)17(26-29(18)16-4-2-1-3-15(16)23)20(30)27-28-9-11-34(31,32)12-10-28/h1-8,21H,9-12H2,(H,27,30). The van der Waals surface area contributed by atoms with Crippen molar-refractivity contribution in [1.29, 1.82) is 0 Å². The quantitative estimate of drug-likeness (QED) is 0.520. The largest absolute Gasteiger partial charge is 0.430 e. The molecule has 1 amide bonds. The lowest BCUT2D eigenvalue weighted by molar-refractivity contribution is -0.0498. The van der Waals surface area contributed by atoms with Gasteiger partial charge in [-0.25, -0.2) is 18.1 Å². The monoisotopic (exact) mass is 530 g/mol. The molecular formula is C21H18Cl2F2N4O4S. The van der Waals surface area contributed by atoms with E-state index in [0.717, 1.165) is 0 Å². The Morgan fingerprint density at radius 2 is 1.71 bits per heavy atom. The molecule has 0 atom stereocenters. The third-order valence-corrected chi connectivity index (χ3v) is 7.25. The molecule has 1 aromatic heterocycles. The van der Waals surface area contributed by atoms with Crippen LogP contribution in [0, 0.1) is 0 Å². The number of halogens is 4. The van der Waals surface area contributed by atoms with Crippen molar-refractivity contribution in [3.05, 3.63) is 64.3 Å². The van der Waals surface area contributed by atoms with Gasteiger partial charge in [-0.1, -0.05) is 47.5 Å². The molecule has 13 heteroatoms. The fourth-order valence-electron chi connectivity index (χ4n) is 3.43. The Kier molecular flexibility index (Phi) is 7.08. The van der Waals surface area contributed by atoms with Crippen LogP contribution in [-0.4, -0.2) is 60.3 Å². The molecule has 8 nitrogen and oxygen atoms in total. The summed E-state index contributed by atoms with van der Waals surface area (Å²) in [5, 5.41) is 6.35. The van der Waals surface area contributed by atoms with Crippen LogP contribution < -0.4 is 10.2 Å². The Morgan fingerprint density at radius 1 is 1.06 bits per heavy atom. The van der Waals surface area contributed by atoms with E-state index >= 15 is 0 Å². The summed E-state index contributed by atoms with van der Waals surface area (Å²) in [5.41, 5.74) is 2.91. The summed E-state index contributed by atoms with van der Waals surface area (Å²) in [5.74, 6) is -1.58. The Labute approximate surface area is 203 Å². The minimum absolute atomic E-state index is 0.0500. The second-order valence-electron chi connectivity index (χ2n) is 7.35. The molecular weight excluding hydrogens is 513 g/mol. The predicted octanol–water partition coefficient (Wildman–Crippen LogP) is 3.82. The van der Waals surface area contributed by atoms with E-state index in [9.17, 15) is 22.0 Å². The SMILES string of the molecule is O=C(NN1CCS(=O)(=O)CC1)c1nn(-c2ccccc2Cl)c(-c2ccc(Cl)cc2)c1OC(F)F. The molecule has 0 bridgehead atoms. The molecule has 1 fully saturated rings. The van der Waals surface area contributed by atoms with E-state index in [4.69, 9.17) is 27.9 Å². The zero-order valence-electron chi connectivity index (χ0n) is 17.4. The molecule has 0 radical (unpaired) electrons. The fraction of sp³-hybridized carbons (Fsp3) is 0.238. The molecule has 180 valence electrons. The number of hydrogen-bond acceptors (Lipinski definition) is 6. The zero-order valence-corrected chi connectivity index (χ0v) is 19.7. The van der Waals surface area contributed by atoms with Gasteiger partial charge in [0.15, 0.2) is 21.3 Å². The number of sulfone groups is 1. The van der Waals surface area contributed by atoms with Crippen molar-refractivity contribution in [2.75, 3.05) is 24.6 Å². The van der Waals surface area contributed by atoms with Crippen molar-refractivity contribution in [3.8, 4) is 22.7 Å². The first-order chi connectivity index (χ1) is 16.1. The van der Waals surface area contributed by atoms with Gasteiger partial charge in [0.25, 0.3) is 5.91 Å². The smallest absolute Gasteiger partial charge is 0.387 e. The van der Waals surface area contributed by atoms with E-state index in [2.05, 4.69) is 10.5 Å². The Bertz CT molecular complexity index is 1300. The molecule has 4 rings (SSSR count). The number of alkyl halides is 2. The number of nitrogens with one attached hydrogen (secondary N) is 1. The number of amides is 1. The maximum Gasteiger partial charge on any atom is 0.387 e. The van der Waals surface area contributed by atoms with Crippen LogP contribution in [-0.2, 0) is 9.84 Å². The van der Waals surface area contributed by atoms with Crippen LogP contribution >= 0.6 is 23.2 Å². The van der Waals surface area contributed by atoms with E-state index in [0.29, 0.717) is 16.3 Å². The summed E-state index contributed by atoms with van der Waals surface area (Å²) in [6.07, 6.45) is 0. The number of hydrazine groups is 1. The average molecular weight is 531 g/mol. The van der Waals surface area contributed by atoms with Gasteiger partial charge >= 0.3 is 6.61 Å². The number of carbonyl (C=O) groups excluding carboxylic acids is 1. The number of ether oxygens (including phenoxy) is 1. The molecule has 0 saturated carbocycles. The number of para-hydroxylation sites is 1. The first-order valence-electron chi connectivity index (χ1n) is 9.99. The van der Waals surface area contributed by atoms with Crippen molar-refractivity contribution in [1.82, 2.24) is 20.2 Å². The van der Waals surface area contributed by atoms with E-state index in [1.807, 2.05) is 0 Å². The van der Waals surface area contributed by atoms with Gasteiger partial charge in [-0.05, 0) is 24.3 Å². The molecule has 1 N–H and O–H groups in total. The lowest BCUT2D eigenvalue weighted by atomic mass is 10.1. The maximum atomic E-state index is 13.4. The van der Waals surface area contributed by atoms with Gasteiger partial charge in [-0.2, -0.15) is 13.9 Å². The lowest BCUT2D eigenvalue weighted by Gasteiger charge is -2.26. The minimum Gasteiger partial charge on any atom is -0.430 e. The molecule has 0 unspecified atom stereocenters. The molecule has 1 aliphatic heterocycles. The van der Waals surface area contributed by atoms with Crippen LogP contribution in [0.3, 0.4) is 0 Å². The van der Waals surface area contributed by atoms with Gasteiger partial charge < -0.3 is 4.74 Å². The topological polar surface area (TPSA) is 93.5 Å². The zero-order chi connectivity index (χ0) is 24.5. The predicted molar refractivity (Wildman–Crippen MR) is 123 cm³/mol. The molecule has 34 heavy (non-hydrogen) atoms. The van der Waals surface area contributed by atoms with Gasteiger partial charge in [0.05, 0.1) is 22.2 Å². The Hall–Kier alpha value is -2.73. The number of benzene rings is 2. The van der Waals surface area contributed by atoms with Gasteiger partial charge in [0.1, 0.15) is 5.69 Å². The van der Waals surface area contributed by atoms with Crippen molar-refractivity contribution in [3.63, 3.8) is 0 Å². The highest BCUT2D eigenvalue weighted by Gasteiger charge is 2.31. The van der Waals surface area contributed by atoms with Gasteiger partial charge in [0.2, 0.25) is 0 Å². The maximum absolute atomic E-state index is 13.4. The molecule has 0 spiro atoms. The number of aromatic nitrogens is 2. The van der Waals surface area contributed by atoms with Crippen LogP contribution in [0.1, 0.15) is 10.5 Å². The molecule has 2 aromatic carbocycles.